The Morgan fingerprint density at radius 3 is 2.48 bits per heavy atom. The van der Waals surface area contributed by atoms with Gasteiger partial charge in [-0.05, 0) is 75.3 Å². The molecule has 0 spiro atoms. The second kappa shape index (κ2) is 9.65. The normalized spacial score (nSPS) is 18.8. The Kier molecular flexibility index (Phi) is 6.71. The maximum Gasteiger partial charge on any atom is 0.225 e. The second-order valence-electron chi connectivity index (χ2n) is 9.21. The largest absolute Gasteiger partial charge is 0.362 e. The summed E-state index contributed by atoms with van der Waals surface area (Å²) in [5.41, 5.74) is 5.12. The van der Waals surface area contributed by atoms with E-state index < -0.39 is 0 Å². The van der Waals surface area contributed by atoms with Crippen molar-refractivity contribution in [3.63, 3.8) is 0 Å². The number of benzene rings is 2. The van der Waals surface area contributed by atoms with E-state index in [0.717, 1.165) is 41.7 Å². The fraction of sp³-hybridized carbons (Fsp3) is 0.462. The summed E-state index contributed by atoms with van der Waals surface area (Å²) in [5, 5.41) is 8.39. The molecule has 3 aromatic rings. The van der Waals surface area contributed by atoms with Crippen LogP contribution in [0.2, 0.25) is 0 Å². The van der Waals surface area contributed by atoms with Crippen molar-refractivity contribution in [3.05, 3.63) is 59.2 Å². The summed E-state index contributed by atoms with van der Waals surface area (Å²) in [4.78, 5) is 11.6. The van der Waals surface area contributed by atoms with Gasteiger partial charge >= 0.3 is 0 Å². The number of aromatic nitrogens is 2. The number of para-hydroxylation sites is 1. The fourth-order valence-electron chi connectivity index (χ4n) is 4.61. The zero-order valence-corrected chi connectivity index (χ0v) is 19.3. The first-order chi connectivity index (χ1) is 15.0. The van der Waals surface area contributed by atoms with Gasteiger partial charge in [-0.3, -0.25) is 0 Å². The van der Waals surface area contributed by atoms with E-state index in [1.807, 2.05) is 26.2 Å². The van der Waals surface area contributed by atoms with Gasteiger partial charge in [0.2, 0.25) is 5.95 Å². The Hall–Kier alpha value is -2.66. The summed E-state index contributed by atoms with van der Waals surface area (Å²) in [6.07, 6.45) is 4.82. The zero-order chi connectivity index (χ0) is 21.8. The minimum Gasteiger partial charge on any atom is -0.362 e. The van der Waals surface area contributed by atoms with Crippen LogP contribution in [-0.2, 0) is 6.54 Å². The van der Waals surface area contributed by atoms with Gasteiger partial charge < -0.3 is 15.5 Å². The van der Waals surface area contributed by atoms with Crippen LogP contribution in [0.25, 0.3) is 10.9 Å². The maximum atomic E-state index is 4.80. The van der Waals surface area contributed by atoms with Gasteiger partial charge in [0, 0.05) is 32.1 Å². The van der Waals surface area contributed by atoms with E-state index in [9.17, 15) is 0 Å². The maximum absolute atomic E-state index is 4.80. The Bertz CT molecular complexity index is 1020. The highest BCUT2D eigenvalue weighted by Gasteiger charge is 2.22. The Balaban J connectivity index is 1.29. The molecule has 5 nitrogen and oxygen atoms in total. The molecule has 0 unspecified atom stereocenters. The van der Waals surface area contributed by atoms with Gasteiger partial charge in [0.15, 0.2) is 0 Å². The van der Waals surface area contributed by atoms with Crippen LogP contribution in [0.15, 0.2) is 42.5 Å². The Morgan fingerprint density at radius 1 is 0.968 bits per heavy atom. The van der Waals surface area contributed by atoms with E-state index >= 15 is 0 Å². The van der Waals surface area contributed by atoms with Crippen molar-refractivity contribution >= 4 is 22.7 Å². The first-order valence-electron chi connectivity index (χ1n) is 11.5. The number of aryl methyl sites for hydroxylation is 2. The van der Waals surface area contributed by atoms with Gasteiger partial charge in [-0.15, -0.1) is 0 Å². The topological polar surface area (TPSA) is 53.1 Å². The first-order valence-corrected chi connectivity index (χ1v) is 11.5. The van der Waals surface area contributed by atoms with Crippen molar-refractivity contribution in [1.29, 1.82) is 0 Å². The lowest BCUT2D eigenvalue weighted by molar-refractivity contribution is 0.323. The molecular weight excluding hydrogens is 382 g/mol. The summed E-state index contributed by atoms with van der Waals surface area (Å²) < 4.78 is 0. The van der Waals surface area contributed by atoms with Crippen molar-refractivity contribution < 1.29 is 0 Å². The van der Waals surface area contributed by atoms with E-state index in [1.165, 1.54) is 42.4 Å². The van der Waals surface area contributed by atoms with Crippen LogP contribution in [0.4, 0.5) is 11.8 Å². The second-order valence-corrected chi connectivity index (χ2v) is 9.21. The molecule has 1 aliphatic carbocycles. The van der Waals surface area contributed by atoms with E-state index in [1.54, 1.807) is 0 Å². The molecule has 0 bridgehead atoms. The predicted octanol–water partition coefficient (Wildman–Crippen LogP) is 5.07. The van der Waals surface area contributed by atoms with Crippen molar-refractivity contribution in [1.82, 2.24) is 15.3 Å². The highest BCUT2D eigenvalue weighted by atomic mass is 15.2. The molecule has 1 fully saturated rings. The smallest absolute Gasteiger partial charge is 0.225 e. The lowest BCUT2D eigenvalue weighted by Crippen LogP contribution is -2.31. The molecule has 0 radical (unpaired) electrons. The fourth-order valence-corrected chi connectivity index (χ4v) is 4.61. The molecule has 0 saturated heterocycles. The number of hydrogen-bond acceptors (Lipinski definition) is 5. The molecule has 31 heavy (non-hydrogen) atoms. The Labute approximate surface area is 186 Å². The van der Waals surface area contributed by atoms with Crippen molar-refractivity contribution in [2.24, 2.45) is 5.92 Å². The van der Waals surface area contributed by atoms with Crippen molar-refractivity contribution in [2.75, 3.05) is 30.9 Å². The average molecular weight is 418 g/mol. The van der Waals surface area contributed by atoms with Gasteiger partial charge in [0.25, 0.3) is 0 Å². The highest BCUT2D eigenvalue weighted by molar-refractivity contribution is 5.90. The summed E-state index contributed by atoms with van der Waals surface area (Å²) >= 11 is 0. The quantitative estimate of drug-likeness (QED) is 0.562. The third-order valence-electron chi connectivity index (χ3n) is 6.43. The molecule has 2 aromatic carbocycles. The van der Waals surface area contributed by atoms with Crippen molar-refractivity contribution in [3.8, 4) is 0 Å². The molecule has 1 heterocycles. The zero-order valence-electron chi connectivity index (χ0n) is 19.3. The van der Waals surface area contributed by atoms with Gasteiger partial charge in [0.05, 0.1) is 5.52 Å². The standard InChI is InChI=1S/C26H35N5/c1-18-9-12-21(19(2)15-18)17-27-16-20-10-13-22(14-11-20)28-26-29-24-8-6-5-7-23(24)25(30-26)31(3)4/h5-9,12,15,20,22,27H,10-11,13-14,16-17H2,1-4H3,(H,28,29,30). The molecule has 4 rings (SSSR count). The van der Waals surface area contributed by atoms with Crippen LogP contribution in [0, 0.1) is 19.8 Å². The molecule has 0 atom stereocenters. The molecule has 2 N–H and O–H groups in total. The van der Waals surface area contributed by atoms with Crippen LogP contribution in [0.5, 0.6) is 0 Å². The van der Waals surface area contributed by atoms with Crippen LogP contribution >= 0.6 is 0 Å². The molecule has 164 valence electrons. The SMILES string of the molecule is Cc1ccc(CNCC2CCC(Nc3nc(N(C)C)c4ccccc4n3)CC2)c(C)c1. The Morgan fingerprint density at radius 2 is 1.74 bits per heavy atom. The van der Waals surface area contributed by atoms with Crippen LogP contribution in [0.1, 0.15) is 42.4 Å². The van der Waals surface area contributed by atoms with E-state index in [-0.39, 0.29) is 0 Å². The molecule has 1 aliphatic rings. The molecule has 5 heteroatoms. The summed E-state index contributed by atoms with van der Waals surface area (Å²) in [6, 6.07) is 15.4. The minimum atomic E-state index is 0.451. The van der Waals surface area contributed by atoms with Gasteiger partial charge in [-0.1, -0.05) is 35.9 Å². The number of hydrogen-bond donors (Lipinski definition) is 2. The van der Waals surface area contributed by atoms with Crippen molar-refractivity contribution in [2.45, 2.75) is 52.1 Å². The summed E-state index contributed by atoms with van der Waals surface area (Å²) in [7, 11) is 4.07. The third-order valence-corrected chi connectivity index (χ3v) is 6.43. The van der Waals surface area contributed by atoms with Crippen LogP contribution < -0.4 is 15.5 Å². The highest BCUT2D eigenvalue weighted by Crippen LogP contribution is 2.28. The number of anilines is 2. The number of nitrogens with zero attached hydrogens (tertiary/aromatic N) is 3. The first kappa shape index (κ1) is 21.6. The molecule has 0 aliphatic heterocycles. The summed E-state index contributed by atoms with van der Waals surface area (Å²) in [5.74, 6) is 2.47. The van der Waals surface area contributed by atoms with Crippen LogP contribution in [-0.4, -0.2) is 36.6 Å². The van der Waals surface area contributed by atoms with Gasteiger partial charge in [-0.25, -0.2) is 4.98 Å². The number of fused-ring (bicyclic) bond motifs is 1. The number of rotatable bonds is 7. The molecule has 1 saturated carbocycles. The third kappa shape index (κ3) is 5.34. The van der Waals surface area contributed by atoms with E-state index in [4.69, 9.17) is 9.97 Å². The monoisotopic (exact) mass is 417 g/mol. The molecule has 1 aromatic heterocycles. The molecule has 0 amide bonds. The average Bonchev–Trinajstić information content (AvgIpc) is 2.76. The van der Waals surface area contributed by atoms with Gasteiger partial charge in [-0.2, -0.15) is 4.98 Å². The van der Waals surface area contributed by atoms with Gasteiger partial charge in [0.1, 0.15) is 5.82 Å². The molecular formula is C26H35N5. The lowest BCUT2D eigenvalue weighted by atomic mass is 9.86. The predicted molar refractivity (Wildman–Crippen MR) is 131 cm³/mol. The summed E-state index contributed by atoms with van der Waals surface area (Å²) in [6.45, 7) is 6.41. The van der Waals surface area contributed by atoms with Crippen LogP contribution in [0.3, 0.4) is 0 Å². The van der Waals surface area contributed by atoms with E-state index in [2.05, 4.69) is 59.7 Å². The number of nitrogens with one attached hydrogen (secondary N) is 2. The minimum absolute atomic E-state index is 0.451. The lowest BCUT2D eigenvalue weighted by Gasteiger charge is -2.29. The van der Waals surface area contributed by atoms with E-state index in [0.29, 0.717) is 6.04 Å².